The van der Waals surface area contributed by atoms with E-state index in [-0.39, 0.29) is 0 Å². The predicted octanol–water partition coefficient (Wildman–Crippen LogP) is 3.13. The third-order valence-electron chi connectivity index (χ3n) is 1.67. The number of halogens is 2. The Hall–Kier alpha value is -0.540. The lowest BCUT2D eigenvalue weighted by Crippen LogP contribution is -2.15. The third-order valence-corrected chi connectivity index (χ3v) is 2.48. The molecule has 0 aliphatic carbocycles. The highest BCUT2D eigenvalue weighted by molar-refractivity contribution is 9.10. The average molecular weight is 246 g/mol. The Labute approximate surface area is 84.1 Å². The van der Waals surface area contributed by atoms with Crippen LogP contribution in [0.15, 0.2) is 27.7 Å². The van der Waals surface area contributed by atoms with E-state index in [1.165, 1.54) is 0 Å². The zero-order chi connectivity index (χ0) is 8.55. The molecule has 1 aliphatic heterocycles. The van der Waals surface area contributed by atoms with Crippen molar-refractivity contribution in [3.8, 4) is 0 Å². The monoisotopic (exact) mass is 244 g/mol. The van der Waals surface area contributed by atoms with Gasteiger partial charge in [-0.05, 0) is 18.2 Å². The lowest BCUT2D eigenvalue weighted by atomic mass is 10.2. The highest BCUT2D eigenvalue weighted by atomic mass is 79.9. The van der Waals surface area contributed by atoms with Crippen LogP contribution in [0, 0.1) is 0 Å². The quantitative estimate of drug-likeness (QED) is 0.641. The summed E-state index contributed by atoms with van der Waals surface area (Å²) < 4.78 is 2.66. The lowest BCUT2D eigenvalue weighted by molar-refractivity contribution is 1.21. The highest BCUT2D eigenvalue weighted by Crippen LogP contribution is 2.34. The van der Waals surface area contributed by atoms with E-state index in [2.05, 4.69) is 20.9 Å². The largest absolute Gasteiger partial charge is 0.278 e. The summed E-state index contributed by atoms with van der Waals surface area (Å²) in [5.74, 6) is 0. The summed E-state index contributed by atoms with van der Waals surface area (Å²) >= 11 is 9.32. The second kappa shape index (κ2) is 3.07. The molecule has 0 aromatic heterocycles. The van der Waals surface area contributed by atoms with E-state index in [0.717, 1.165) is 15.8 Å². The molecule has 0 saturated heterocycles. The number of nitrogens with zero attached hydrogens (tertiary/aromatic N) is 2. The standard InChI is InChI=1S/C8H6BrClN2/c9-6-1-2-7-8(5-6)12(10)4-3-11-7/h1-3,5H,4H2. The maximum absolute atomic E-state index is 5.94. The van der Waals surface area contributed by atoms with Crippen LogP contribution in [0.4, 0.5) is 11.4 Å². The van der Waals surface area contributed by atoms with Gasteiger partial charge < -0.3 is 0 Å². The van der Waals surface area contributed by atoms with Crippen molar-refractivity contribution in [2.45, 2.75) is 0 Å². The van der Waals surface area contributed by atoms with E-state index < -0.39 is 0 Å². The van der Waals surface area contributed by atoms with Crippen LogP contribution in [0.3, 0.4) is 0 Å². The zero-order valence-corrected chi connectivity index (χ0v) is 8.51. The number of anilines is 1. The fourth-order valence-electron chi connectivity index (χ4n) is 1.11. The van der Waals surface area contributed by atoms with Gasteiger partial charge in [0.05, 0.1) is 17.9 Å². The molecule has 62 valence electrons. The molecule has 1 aliphatic rings. The summed E-state index contributed by atoms with van der Waals surface area (Å²) in [6, 6.07) is 5.84. The Balaban J connectivity index is 2.56. The van der Waals surface area contributed by atoms with Gasteiger partial charge in [-0.25, -0.2) is 0 Å². The second-order valence-corrected chi connectivity index (χ2v) is 3.81. The topological polar surface area (TPSA) is 15.6 Å². The summed E-state index contributed by atoms with van der Waals surface area (Å²) in [6.07, 6.45) is 1.79. The lowest BCUT2D eigenvalue weighted by Gasteiger charge is -2.19. The smallest absolute Gasteiger partial charge is 0.0873 e. The van der Waals surface area contributed by atoms with Crippen molar-refractivity contribution in [1.82, 2.24) is 0 Å². The summed E-state index contributed by atoms with van der Waals surface area (Å²) in [5, 5.41) is 0. The van der Waals surface area contributed by atoms with Crippen molar-refractivity contribution < 1.29 is 0 Å². The second-order valence-electron chi connectivity index (χ2n) is 2.49. The molecule has 2 rings (SSSR count). The predicted molar refractivity (Wildman–Crippen MR) is 55.5 cm³/mol. The number of hydrogen-bond acceptors (Lipinski definition) is 2. The molecule has 0 amide bonds. The van der Waals surface area contributed by atoms with Crippen LogP contribution in [0.25, 0.3) is 0 Å². The van der Waals surface area contributed by atoms with E-state index >= 15 is 0 Å². The van der Waals surface area contributed by atoms with Crippen molar-refractivity contribution >= 4 is 45.3 Å². The molecule has 12 heavy (non-hydrogen) atoms. The first-order chi connectivity index (χ1) is 5.77. The van der Waals surface area contributed by atoms with Crippen LogP contribution in [0.5, 0.6) is 0 Å². The first-order valence-electron chi connectivity index (χ1n) is 3.53. The highest BCUT2D eigenvalue weighted by Gasteiger charge is 2.11. The van der Waals surface area contributed by atoms with Gasteiger partial charge >= 0.3 is 0 Å². The summed E-state index contributed by atoms with van der Waals surface area (Å²) in [4.78, 5) is 4.21. The van der Waals surface area contributed by atoms with Gasteiger partial charge in [-0.15, -0.1) is 0 Å². The molecule has 0 fully saturated rings. The van der Waals surface area contributed by atoms with Gasteiger partial charge in [-0.1, -0.05) is 15.9 Å². The summed E-state index contributed by atoms with van der Waals surface area (Å²) in [5.41, 5.74) is 1.87. The van der Waals surface area contributed by atoms with Crippen LogP contribution >= 0.6 is 27.7 Å². The first-order valence-corrected chi connectivity index (χ1v) is 4.66. The van der Waals surface area contributed by atoms with Gasteiger partial charge in [0.15, 0.2) is 0 Å². The van der Waals surface area contributed by atoms with Crippen molar-refractivity contribution in [1.29, 1.82) is 0 Å². The Morgan fingerprint density at radius 1 is 1.50 bits per heavy atom. The Bertz CT molecular complexity index is 338. The molecule has 0 atom stereocenters. The van der Waals surface area contributed by atoms with Gasteiger partial charge in [0.25, 0.3) is 0 Å². The molecule has 1 aromatic rings. The number of aliphatic imine (C=N–C) groups is 1. The number of hydrogen-bond donors (Lipinski definition) is 0. The Morgan fingerprint density at radius 2 is 2.33 bits per heavy atom. The molecule has 0 bridgehead atoms. The summed E-state index contributed by atoms with van der Waals surface area (Å²) in [7, 11) is 0. The van der Waals surface area contributed by atoms with Gasteiger partial charge in [0.2, 0.25) is 0 Å². The van der Waals surface area contributed by atoms with E-state index in [4.69, 9.17) is 11.8 Å². The van der Waals surface area contributed by atoms with Crippen LogP contribution in [-0.2, 0) is 0 Å². The third kappa shape index (κ3) is 1.34. The minimum atomic E-state index is 0.658. The molecular weight excluding hydrogens is 239 g/mol. The van der Waals surface area contributed by atoms with Gasteiger partial charge in [-0.2, -0.15) is 0 Å². The summed E-state index contributed by atoms with van der Waals surface area (Å²) in [6.45, 7) is 0.658. The van der Waals surface area contributed by atoms with Crippen molar-refractivity contribution in [3.63, 3.8) is 0 Å². The van der Waals surface area contributed by atoms with Gasteiger partial charge in [-0.3, -0.25) is 9.41 Å². The van der Waals surface area contributed by atoms with E-state index in [1.807, 2.05) is 18.2 Å². The fraction of sp³-hybridized carbons (Fsp3) is 0.125. The van der Waals surface area contributed by atoms with E-state index in [9.17, 15) is 0 Å². The minimum absolute atomic E-state index is 0.658. The van der Waals surface area contributed by atoms with Gasteiger partial charge in [0, 0.05) is 22.5 Å². The normalized spacial score (nSPS) is 14.7. The van der Waals surface area contributed by atoms with Crippen molar-refractivity contribution in [3.05, 3.63) is 22.7 Å². The molecule has 2 nitrogen and oxygen atoms in total. The zero-order valence-electron chi connectivity index (χ0n) is 6.17. The molecule has 0 unspecified atom stereocenters. The number of fused-ring (bicyclic) bond motifs is 1. The van der Waals surface area contributed by atoms with Crippen LogP contribution in [-0.4, -0.2) is 12.8 Å². The molecule has 0 radical (unpaired) electrons. The van der Waals surface area contributed by atoms with E-state index in [1.54, 1.807) is 10.6 Å². The maximum Gasteiger partial charge on any atom is 0.0873 e. The molecule has 4 heteroatoms. The first kappa shape index (κ1) is 8.08. The van der Waals surface area contributed by atoms with Gasteiger partial charge in [0.1, 0.15) is 0 Å². The van der Waals surface area contributed by atoms with Crippen molar-refractivity contribution in [2.24, 2.45) is 4.99 Å². The molecule has 0 N–H and O–H groups in total. The molecule has 1 heterocycles. The number of rotatable bonds is 0. The average Bonchev–Trinajstić information content (AvgIpc) is 2.07. The molecule has 1 aromatic carbocycles. The Morgan fingerprint density at radius 3 is 3.17 bits per heavy atom. The maximum atomic E-state index is 5.94. The fourth-order valence-corrected chi connectivity index (χ4v) is 1.66. The Kier molecular flexibility index (Phi) is 2.07. The molecule has 0 saturated carbocycles. The van der Waals surface area contributed by atoms with Crippen molar-refractivity contribution in [2.75, 3.05) is 11.0 Å². The molecular formula is C8H6BrClN2. The van der Waals surface area contributed by atoms with E-state index in [0.29, 0.717) is 6.54 Å². The van der Waals surface area contributed by atoms with Crippen LogP contribution < -0.4 is 4.42 Å². The minimum Gasteiger partial charge on any atom is -0.278 e. The number of benzene rings is 1. The SMILES string of the molecule is ClN1CC=Nc2ccc(Br)cc21. The van der Waals surface area contributed by atoms with Crippen LogP contribution in [0.1, 0.15) is 0 Å². The van der Waals surface area contributed by atoms with Crippen LogP contribution in [0.2, 0.25) is 0 Å². The molecule has 0 spiro atoms.